The number of cyclic esters (lactones) is 1. The van der Waals surface area contributed by atoms with E-state index >= 15 is 0 Å². The highest BCUT2D eigenvalue weighted by atomic mass is 16.7. The van der Waals surface area contributed by atoms with Gasteiger partial charge in [0.15, 0.2) is 12.6 Å². The van der Waals surface area contributed by atoms with Gasteiger partial charge in [-0.05, 0) is 99.4 Å². The molecule has 3 aliphatic heterocycles. The van der Waals surface area contributed by atoms with Gasteiger partial charge in [0.1, 0.15) is 30.0 Å². The lowest BCUT2D eigenvalue weighted by Crippen LogP contribution is -2.60. The number of nitrogens with zero attached hydrogens (tertiary/aromatic N) is 3. The lowest BCUT2D eigenvalue weighted by Gasteiger charge is -2.49. The Labute approximate surface area is 358 Å². The minimum Gasteiger partial charge on any atom is -0.459 e. The van der Waals surface area contributed by atoms with Crippen LogP contribution in [0.3, 0.4) is 0 Å². The zero-order valence-electron chi connectivity index (χ0n) is 38.3. The number of hydrogen-bond acceptors (Lipinski definition) is 15. The molecule has 1 aromatic rings. The predicted molar refractivity (Wildman–Crippen MR) is 226 cm³/mol. The van der Waals surface area contributed by atoms with Crippen LogP contribution in [0.1, 0.15) is 100 Å². The van der Waals surface area contributed by atoms with Crippen LogP contribution in [0.4, 0.5) is 0 Å². The SMILES string of the molecule is CC[C@H]1OC(=O)[C@H](C)[C@@H](O[C@H]2C[C@@](C)(OC)[C@@H](O)[C@H](C)O2)[C@H](C)[C@@H](O[C@@H]2O[C@H](C)C[C@H](N(C)CC=Cc3cccnc3)[C@H]2O)[C@](C)(O)C[C@@H](C)CN(C)[C@H](C)[C@@H](O)[C@]1(C)O. The van der Waals surface area contributed by atoms with Crippen LogP contribution in [0.2, 0.25) is 0 Å². The van der Waals surface area contributed by atoms with Crippen LogP contribution in [-0.2, 0) is 33.2 Å². The van der Waals surface area contributed by atoms with Crippen molar-refractivity contribution in [3.05, 3.63) is 36.2 Å². The number of esters is 1. The number of likely N-dealkylation sites (N-methyl/N-ethyl adjacent to an activating group) is 2. The molecular weight excluding hydrogens is 775 g/mol. The fraction of sp³-hybridized carbons (Fsp3) is 0.822. The number of methoxy groups -OCH3 is 1. The Balaban J connectivity index is 1.77. The average Bonchev–Trinajstić information content (AvgIpc) is 3.19. The van der Waals surface area contributed by atoms with Gasteiger partial charge in [-0.3, -0.25) is 14.7 Å². The molecule has 60 heavy (non-hydrogen) atoms. The minimum atomic E-state index is -1.82. The van der Waals surface area contributed by atoms with Gasteiger partial charge in [0, 0.05) is 57.0 Å². The highest BCUT2D eigenvalue weighted by Crippen LogP contribution is 2.40. The van der Waals surface area contributed by atoms with E-state index in [1.807, 2.05) is 69.0 Å². The summed E-state index contributed by atoms with van der Waals surface area (Å²) in [5.74, 6) is -2.69. The molecule has 344 valence electrons. The van der Waals surface area contributed by atoms with Gasteiger partial charge in [-0.25, -0.2) is 0 Å². The van der Waals surface area contributed by atoms with E-state index in [1.54, 1.807) is 53.9 Å². The zero-order chi connectivity index (χ0) is 44.9. The molecule has 0 spiro atoms. The third kappa shape index (κ3) is 11.9. The number of aromatic nitrogens is 1. The predicted octanol–water partition coefficient (Wildman–Crippen LogP) is 3.38. The Morgan fingerprint density at radius 1 is 1.02 bits per heavy atom. The number of aliphatic hydroxyl groups excluding tert-OH is 3. The van der Waals surface area contributed by atoms with Gasteiger partial charge in [0.25, 0.3) is 0 Å². The summed E-state index contributed by atoms with van der Waals surface area (Å²) in [5, 5.41) is 59.1. The van der Waals surface area contributed by atoms with E-state index in [-0.39, 0.29) is 37.3 Å². The molecule has 15 heteroatoms. The molecule has 15 nitrogen and oxygen atoms in total. The van der Waals surface area contributed by atoms with E-state index < -0.39 is 96.0 Å². The monoisotopic (exact) mass is 852 g/mol. The van der Waals surface area contributed by atoms with Crippen molar-refractivity contribution >= 4 is 12.0 Å². The first-order chi connectivity index (χ1) is 28.0. The van der Waals surface area contributed by atoms with Crippen molar-refractivity contribution in [2.45, 2.75) is 185 Å². The van der Waals surface area contributed by atoms with Crippen LogP contribution in [0, 0.1) is 17.8 Å². The number of pyridine rings is 1. The lowest BCUT2D eigenvalue weighted by molar-refractivity contribution is -0.318. The summed E-state index contributed by atoms with van der Waals surface area (Å²) in [5.41, 5.74) is -3.50. The van der Waals surface area contributed by atoms with Crippen molar-refractivity contribution in [2.24, 2.45) is 17.8 Å². The maximum Gasteiger partial charge on any atom is 0.311 e. The average molecular weight is 852 g/mol. The fourth-order valence-corrected chi connectivity index (χ4v) is 9.63. The van der Waals surface area contributed by atoms with Crippen LogP contribution in [0.15, 0.2) is 30.6 Å². The minimum absolute atomic E-state index is 0.118. The molecule has 4 rings (SSSR count). The first-order valence-electron chi connectivity index (χ1n) is 21.8. The second-order valence-electron chi connectivity index (χ2n) is 18.8. The summed E-state index contributed by atoms with van der Waals surface area (Å²) in [6.45, 7) is 18.6. The molecule has 0 aliphatic carbocycles. The summed E-state index contributed by atoms with van der Waals surface area (Å²) < 4.78 is 38.0. The second-order valence-corrected chi connectivity index (χ2v) is 18.8. The highest BCUT2D eigenvalue weighted by molar-refractivity contribution is 5.73. The molecule has 0 unspecified atom stereocenters. The molecule has 1 aromatic heterocycles. The van der Waals surface area contributed by atoms with Crippen LogP contribution in [0.25, 0.3) is 6.08 Å². The van der Waals surface area contributed by atoms with Crippen molar-refractivity contribution in [3.8, 4) is 0 Å². The van der Waals surface area contributed by atoms with Crippen molar-refractivity contribution in [3.63, 3.8) is 0 Å². The Bertz CT molecular complexity index is 1520. The number of hydrogen-bond donors (Lipinski definition) is 5. The Morgan fingerprint density at radius 2 is 1.70 bits per heavy atom. The Kier molecular flexibility index (Phi) is 17.7. The third-order valence-electron chi connectivity index (χ3n) is 13.5. The maximum absolute atomic E-state index is 14.4. The van der Waals surface area contributed by atoms with Gasteiger partial charge in [0.2, 0.25) is 0 Å². The molecule has 18 atom stereocenters. The molecule has 0 saturated carbocycles. The maximum atomic E-state index is 14.4. The summed E-state index contributed by atoms with van der Waals surface area (Å²) in [6.07, 6.45) is -1.17. The number of aliphatic hydroxyl groups is 5. The number of carbonyl (C=O) groups excluding carboxylic acids is 1. The van der Waals surface area contributed by atoms with Crippen molar-refractivity contribution < 1.29 is 58.7 Å². The summed E-state index contributed by atoms with van der Waals surface area (Å²) in [4.78, 5) is 22.5. The lowest BCUT2D eigenvalue weighted by atomic mass is 9.77. The quantitative estimate of drug-likeness (QED) is 0.215. The van der Waals surface area contributed by atoms with Crippen LogP contribution < -0.4 is 0 Å². The van der Waals surface area contributed by atoms with E-state index in [9.17, 15) is 30.3 Å². The van der Waals surface area contributed by atoms with Crippen molar-refractivity contribution in [1.29, 1.82) is 0 Å². The van der Waals surface area contributed by atoms with Crippen LogP contribution >= 0.6 is 0 Å². The first-order valence-corrected chi connectivity index (χ1v) is 21.8. The third-order valence-corrected chi connectivity index (χ3v) is 13.5. The van der Waals surface area contributed by atoms with Gasteiger partial charge >= 0.3 is 5.97 Å². The van der Waals surface area contributed by atoms with E-state index in [0.29, 0.717) is 19.5 Å². The van der Waals surface area contributed by atoms with E-state index in [0.717, 1.165) is 5.56 Å². The Hall–Kier alpha value is -2.12. The highest BCUT2D eigenvalue weighted by Gasteiger charge is 2.52. The van der Waals surface area contributed by atoms with Crippen molar-refractivity contribution in [2.75, 3.05) is 34.3 Å². The smallest absolute Gasteiger partial charge is 0.311 e. The summed E-state index contributed by atoms with van der Waals surface area (Å²) >= 11 is 0. The molecule has 3 fully saturated rings. The van der Waals surface area contributed by atoms with Gasteiger partial charge in [-0.1, -0.05) is 39.0 Å². The number of rotatable bonds is 10. The van der Waals surface area contributed by atoms with Crippen molar-refractivity contribution in [1.82, 2.24) is 14.8 Å². The topological polar surface area (TPSA) is 193 Å². The number of carbonyl (C=O) groups is 1. The molecular formula is C45H77N3O12. The molecule has 0 aromatic carbocycles. The molecule has 4 heterocycles. The van der Waals surface area contributed by atoms with Crippen LogP contribution in [-0.4, -0.2) is 171 Å². The molecule has 0 radical (unpaired) electrons. The van der Waals surface area contributed by atoms with E-state index in [1.165, 1.54) is 14.0 Å². The Morgan fingerprint density at radius 3 is 2.32 bits per heavy atom. The molecule has 3 saturated heterocycles. The van der Waals surface area contributed by atoms with Gasteiger partial charge in [-0.2, -0.15) is 0 Å². The fourth-order valence-electron chi connectivity index (χ4n) is 9.63. The molecule has 0 amide bonds. The largest absolute Gasteiger partial charge is 0.459 e. The molecule has 3 aliphatic rings. The summed E-state index contributed by atoms with van der Waals surface area (Å²) in [6, 6.07) is 2.92. The molecule has 0 bridgehead atoms. The van der Waals surface area contributed by atoms with Gasteiger partial charge in [0.05, 0.1) is 41.5 Å². The van der Waals surface area contributed by atoms with Gasteiger partial charge in [-0.15, -0.1) is 0 Å². The number of ether oxygens (including phenoxy) is 6. The second kappa shape index (κ2) is 21.0. The normalized spacial score (nSPS) is 44.6. The van der Waals surface area contributed by atoms with E-state index in [4.69, 9.17) is 28.4 Å². The standard InChI is InChI=1S/C45H77N3O12/c1-14-34-45(10,54)38(50)30(6)48(12)25-26(2)22-43(8,53)40(28(4)37(29(5)41(52)58-34)59-35-23-44(9,55-13)39(51)31(7)57-35)60-42-36(49)33(21-27(3)56-42)47(11)20-16-18-32-17-15-19-46-24-32/h15-19,24,26-31,33-40,42,49-51,53-54H,14,20-23,25H2,1-13H3/t26-,27-,28+,29-,30-,31+,33+,34-,35+,36-,37+,38-,39+,40-,42+,43-,44-,45-/m1/s1. The van der Waals surface area contributed by atoms with Crippen LogP contribution in [0.5, 0.6) is 0 Å². The molecule has 5 N–H and O–H groups in total. The first kappa shape index (κ1) is 50.5. The van der Waals surface area contributed by atoms with Gasteiger partial charge < -0.3 is 58.9 Å². The van der Waals surface area contributed by atoms with E-state index in [2.05, 4.69) is 4.98 Å². The summed E-state index contributed by atoms with van der Waals surface area (Å²) in [7, 11) is 5.29. The zero-order valence-corrected chi connectivity index (χ0v) is 38.3.